The Morgan fingerprint density at radius 1 is 0.963 bits per heavy atom. The number of hydrogen-bond donors (Lipinski definition) is 2. The summed E-state index contributed by atoms with van der Waals surface area (Å²) in [7, 11) is 0. The van der Waals surface area contributed by atoms with Crippen molar-refractivity contribution in [1.82, 2.24) is 9.97 Å². The van der Waals surface area contributed by atoms with Gasteiger partial charge in [-0.3, -0.25) is 4.99 Å². The summed E-state index contributed by atoms with van der Waals surface area (Å²) in [6.07, 6.45) is 16.2. The molecule has 0 saturated heterocycles. The molecule has 3 heteroatoms. The fourth-order valence-corrected chi connectivity index (χ4v) is 3.51. The van der Waals surface area contributed by atoms with Crippen molar-refractivity contribution >= 4 is 6.21 Å². The summed E-state index contributed by atoms with van der Waals surface area (Å²) in [4.78, 5) is 11.5. The van der Waals surface area contributed by atoms with Gasteiger partial charge in [0.1, 0.15) is 0 Å². The van der Waals surface area contributed by atoms with E-state index in [-0.39, 0.29) is 5.41 Å². The lowest BCUT2D eigenvalue weighted by Crippen LogP contribution is -2.11. The van der Waals surface area contributed by atoms with Crippen molar-refractivity contribution in [3.05, 3.63) is 35.7 Å². The molecule has 0 fully saturated rings. The zero-order valence-electron chi connectivity index (χ0n) is 17.9. The third-order valence-electron chi connectivity index (χ3n) is 5.13. The molecule has 2 N–H and O–H groups in total. The van der Waals surface area contributed by atoms with E-state index >= 15 is 0 Å². The minimum atomic E-state index is 0.0974. The maximum Gasteiger partial charge on any atom is 0.0662 e. The summed E-state index contributed by atoms with van der Waals surface area (Å²) in [6.45, 7) is 9.97. The van der Waals surface area contributed by atoms with Crippen LogP contribution in [0.2, 0.25) is 0 Å². The van der Waals surface area contributed by atoms with E-state index in [1.165, 1.54) is 69.0 Å². The lowest BCUT2D eigenvalue weighted by atomic mass is 9.86. The van der Waals surface area contributed by atoms with Crippen LogP contribution in [0, 0.1) is 0 Å². The number of H-pyrrole nitrogens is 2. The van der Waals surface area contributed by atoms with Gasteiger partial charge in [0.25, 0.3) is 0 Å². The summed E-state index contributed by atoms with van der Waals surface area (Å²) in [5.41, 5.74) is 4.84. The number of nitrogens with zero attached hydrogens (tertiary/aromatic N) is 1. The summed E-state index contributed by atoms with van der Waals surface area (Å²) >= 11 is 0. The van der Waals surface area contributed by atoms with Crippen molar-refractivity contribution in [2.45, 2.75) is 90.9 Å². The highest BCUT2D eigenvalue weighted by molar-refractivity contribution is 5.81. The van der Waals surface area contributed by atoms with Gasteiger partial charge >= 0.3 is 0 Å². The average molecular weight is 370 g/mol. The number of rotatable bonds is 12. The molecule has 0 aliphatic heterocycles. The van der Waals surface area contributed by atoms with Crippen molar-refractivity contribution in [2.75, 3.05) is 6.54 Å². The Labute approximate surface area is 166 Å². The molecule has 0 aliphatic rings. The molecule has 2 aromatic rings. The smallest absolute Gasteiger partial charge is 0.0662 e. The molecule has 2 heterocycles. The standard InChI is InChI=1S/C24H39N3/c1-5-6-7-8-9-10-11-12-13-16-25-19-20-18-21(24(2,3)4)23(27-20)22-15-14-17-26-22/h14-15,17-19,26-27H,5-13,16H2,1-4H3. The van der Waals surface area contributed by atoms with Crippen LogP contribution in [0.3, 0.4) is 0 Å². The SMILES string of the molecule is CCCCCCCCCCCN=Cc1cc(C(C)(C)C)c(-c2ccc[nH]2)[nH]1. The Balaban J connectivity index is 1.75. The number of aromatic amines is 2. The molecule has 0 bridgehead atoms. The first kappa shape index (κ1) is 21.5. The van der Waals surface area contributed by atoms with Crippen LogP contribution in [0.4, 0.5) is 0 Å². The van der Waals surface area contributed by atoms with Crippen LogP contribution in [0.25, 0.3) is 11.4 Å². The fourth-order valence-electron chi connectivity index (χ4n) is 3.51. The highest BCUT2D eigenvalue weighted by Crippen LogP contribution is 2.32. The third kappa shape index (κ3) is 7.40. The molecule has 27 heavy (non-hydrogen) atoms. The highest BCUT2D eigenvalue weighted by atomic mass is 14.8. The number of aromatic nitrogens is 2. The van der Waals surface area contributed by atoms with E-state index < -0.39 is 0 Å². The van der Waals surface area contributed by atoms with Crippen molar-refractivity contribution in [2.24, 2.45) is 4.99 Å². The third-order valence-corrected chi connectivity index (χ3v) is 5.13. The minimum Gasteiger partial charge on any atom is -0.360 e. The Hall–Kier alpha value is -1.77. The van der Waals surface area contributed by atoms with Crippen molar-refractivity contribution in [1.29, 1.82) is 0 Å². The highest BCUT2D eigenvalue weighted by Gasteiger charge is 2.21. The normalized spacial score (nSPS) is 12.3. The first-order valence-corrected chi connectivity index (χ1v) is 10.9. The van der Waals surface area contributed by atoms with Gasteiger partial charge in [-0.05, 0) is 35.6 Å². The van der Waals surface area contributed by atoms with E-state index in [0.29, 0.717) is 0 Å². The lowest BCUT2D eigenvalue weighted by Gasteiger charge is -2.18. The van der Waals surface area contributed by atoms with Crippen molar-refractivity contribution < 1.29 is 0 Å². The molecule has 0 radical (unpaired) electrons. The quantitative estimate of drug-likeness (QED) is 0.292. The first-order valence-electron chi connectivity index (χ1n) is 10.9. The summed E-state index contributed by atoms with van der Waals surface area (Å²) in [5.74, 6) is 0. The molecule has 0 aliphatic carbocycles. The summed E-state index contributed by atoms with van der Waals surface area (Å²) < 4.78 is 0. The molecule has 0 atom stereocenters. The van der Waals surface area contributed by atoms with Crippen LogP contribution in [0.1, 0.15) is 96.7 Å². The molecule has 2 aromatic heterocycles. The number of nitrogens with one attached hydrogen (secondary N) is 2. The second kappa shape index (κ2) is 11.2. The first-order chi connectivity index (χ1) is 13.0. The zero-order chi connectivity index (χ0) is 19.5. The Morgan fingerprint density at radius 3 is 2.22 bits per heavy atom. The van der Waals surface area contributed by atoms with Crippen LogP contribution in [-0.4, -0.2) is 22.7 Å². The van der Waals surface area contributed by atoms with Gasteiger partial charge in [0.15, 0.2) is 0 Å². The molecule has 0 saturated carbocycles. The van der Waals surface area contributed by atoms with Crippen LogP contribution in [0.15, 0.2) is 29.4 Å². The number of unbranched alkanes of at least 4 members (excludes halogenated alkanes) is 8. The molecule has 0 aromatic carbocycles. The van der Waals surface area contributed by atoms with Gasteiger partial charge < -0.3 is 9.97 Å². The molecule has 2 rings (SSSR count). The summed E-state index contributed by atoms with van der Waals surface area (Å²) in [6, 6.07) is 6.40. The molecule has 0 amide bonds. The van der Waals surface area contributed by atoms with Crippen molar-refractivity contribution in [3.63, 3.8) is 0 Å². The Morgan fingerprint density at radius 2 is 1.63 bits per heavy atom. The van der Waals surface area contributed by atoms with E-state index in [9.17, 15) is 0 Å². The molecule has 3 nitrogen and oxygen atoms in total. The van der Waals surface area contributed by atoms with Gasteiger partial charge in [0.05, 0.1) is 17.1 Å². The van der Waals surface area contributed by atoms with Crippen LogP contribution < -0.4 is 0 Å². The molecule has 0 unspecified atom stereocenters. The van der Waals surface area contributed by atoms with E-state index in [4.69, 9.17) is 0 Å². The van der Waals surface area contributed by atoms with E-state index in [1.54, 1.807) is 0 Å². The summed E-state index contributed by atoms with van der Waals surface area (Å²) in [5, 5.41) is 0. The number of aliphatic imine (C=N–C) groups is 1. The van der Waals surface area contributed by atoms with Gasteiger partial charge in [-0.15, -0.1) is 0 Å². The molecular weight excluding hydrogens is 330 g/mol. The van der Waals surface area contributed by atoms with Gasteiger partial charge in [-0.2, -0.15) is 0 Å². The Kier molecular flexibility index (Phi) is 8.90. The van der Waals surface area contributed by atoms with Gasteiger partial charge in [-0.1, -0.05) is 79.1 Å². The van der Waals surface area contributed by atoms with Crippen LogP contribution in [-0.2, 0) is 5.41 Å². The second-order valence-corrected chi connectivity index (χ2v) is 8.71. The second-order valence-electron chi connectivity index (χ2n) is 8.71. The Bertz CT molecular complexity index is 656. The van der Waals surface area contributed by atoms with E-state index in [0.717, 1.165) is 17.9 Å². The molecule has 0 spiro atoms. The predicted molar refractivity (Wildman–Crippen MR) is 119 cm³/mol. The minimum absolute atomic E-state index is 0.0974. The van der Waals surface area contributed by atoms with Gasteiger partial charge in [0.2, 0.25) is 0 Å². The monoisotopic (exact) mass is 369 g/mol. The lowest BCUT2D eigenvalue weighted by molar-refractivity contribution is 0.567. The topological polar surface area (TPSA) is 43.9 Å². The van der Waals surface area contributed by atoms with E-state index in [2.05, 4.69) is 54.8 Å². The molecule has 150 valence electrons. The zero-order valence-corrected chi connectivity index (χ0v) is 17.9. The maximum absolute atomic E-state index is 4.65. The number of hydrogen-bond acceptors (Lipinski definition) is 1. The molecular formula is C24H39N3. The average Bonchev–Trinajstić information content (AvgIpc) is 3.28. The fraction of sp³-hybridized carbons (Fsp3) is 0.625. The largest absolute Gasteiger partial charge is 0.360 e. The predicted octanol–water partition coefficient (Wildman–Crippen LogP) is 7.26. The van der Waals surface area contributed by atoms with Crippen LogP contribution in [0.5, 0.6) is 0 Å². The van der Waals surface area contributed by atoms with Crippen molar-refractivity contribution in [3.8, 4) is 11.4 Å². The van der Waals surface area contributed by atoms with E-state index in [1.807, 2.05) is 18.5 Å². The van der Waals surface area contributed by atoms with Gasteiger partial charge in [-0.25, -0.2) is 0 Å². The van der Waals surface area contributed by atoms with Gasteiger partial charge in [0, 0.05) is 19.0 Å². The maximum atomic E-state index is 4.65. The van der Waals surface area contributed by atoms with Crippen LogP contribution >= 0.6 is 0 Å².